The van der Waals surface area contributed by atoms with Gasteiger partial charge in [0.1, 0.15) is 0 Å². The van der Waals surface area contributed by atoms with Gasteiger partial charge in [-0.25, -0.2) is 0 Å². The van der Waals surface area contributed by atoms with Crippen LogP contribution in [0.4, 0.5) is 0 Å². The first-order valence-corrected chi connectivity index (χ1v) is 1.83. The molecule has 0 heterocycles. The van der Waals surface area contributed by atoms with E-state index in [1.807, 2.05) is 0 Å². The second-order valence-electron chi connectivity index (χ2n) is 0.425. The average molecular weight is 107 g/mol. The fourth-order valence-electron chi connectivity index (χ4n) is 0. The summed E-state index contributed by atoms with van der Waals surface area (Å²) in [5.41, 5.74) is 7.87. The van der Waals surface area contributed by atoms with E-state index in [9.17, 15) is 0 Å². The highest BCUT2D eigenvalue weighted by molar-refractivity contribution is 7.78. The van der Waals surface area contributed by atoms with Crippen LogP contribution < -0.4 is 17.0 Å². The molecule has 0 bridgehead atoms. The van der Waals surface area contributed by atoms with Gasteiger partial charge in [-0.1, -0.05) is 12.2 Å². The van der Waals surface area contributed by atoms with Gasteiger partial charge in [0.05, 0.1) is 5.49 Å². The molecule has 0 saturated heterocycles. The van der Waals surface area contributed by atoms with Crippen LogP contribution in [0.5, 0.6) is 0 Å². The average Bonchev–Trinajstić information content (AvgIpc) is 1.39. The normalized spacial score (nSPS) is 5.00. The van der Waals surface area contributed by atoms with Crippen LogP contribution in [0.25, 0.3) is 0 Å². The highest BCUT2D eigenvalue weighted by atomic mass is 32.1. The Labute approximate surface area is 42.7 Å². The van der Waals surface area contributed by atoms with Crippen molar-refractivity contribution in [1.29, 1.82) is 0 Å². The molecule has 0 aliphatic heterocycles. The Bertz CT molecular complexity index is 22.8. The fourth-order valence-corrected chi connectivity index (χ4v) is 0. The maximum Gasteiger partial charge on any atom is 0.0588 e. The van der Waals surface area contributed by atoms with Crippen LogP contribution in [-0.4, -0.2) is 12.5 Å². The molecule has 0 aliphatic carbocycles. The molecule has 38 valence electrons. The lowest BCUT2D eigenvalue weighted by Gasteiger charge is -1.62. The number of rotatable bonds is 0. The minimum absolute atomic E-state index is 1.08. The van der Waals surface area contributed by atoms with Crippen molar-refractivity contribution in [3.05, 3.63) is 0 Å². The first kappa shape index (κ1) is 9.26. The smallest absolute Gasteiger partial charge is 0.0588 e. The van der Waals surface area contributed by atoms with Crippen molar-refractivity contribution in [2.45, 2.75) is 0 Å². The van der Waals surface area contributed by atoms with Crippen LogP contribution in [0.2, 0.25) is 0 Å². The third-order valence-corrected chi connectivity index (χ3v) is 0. The van der Waals surface area contributed by atoms with Crippen LogP contribution in [0.3, 0.4) is 0 Å². The largest absolute Gasteiger partial charge is 0.396 e. The first-order valence-electron chi connectivity index (χ1n) is 1.36. The van der Waals surface area contributed by atoms with Gasteiger partial charge in [0.2, 0.25) is 0 Å². The van der Waals surface area contributed by atoms with E-state index >= 15 is 0 Å². The summed E-state index contributed by atoms with van der Waals surface area (Å²) >= 11 is 4.05. The standard InChI is InChI=1S/CH6N2.CH3NS/c1-3-2;2-1-3/h3H,2H2,1H3;1H,(H2,2,3). The molecule has 0 amide bonds. The summed E-state index contributed by atoms with van der Waals surface area (Å²) in [6.07, 6.45) is 0. The summed E-state index contributed by atoms with van der Waals surface area (Å²) in [5.74, 6) is 4.60. The zero-order valence-electron chi connectivity index (χ0n) is 3.64. The Balaban J connectivity index is 0. The SMILES string of the molecule is CNN.NC=S. The molecule has 0 spiro atoms. The molecule has 0 atom stereocenters. The second kappa shape index (κ2) is 21.3. The topological polar surface area (TPSA) is 64.1 Å². The van der Waals surface area contributed by atoms with E-state index in [1.54, 1.807) is 7.05 Å². The number of hydrazine groups is 1. The Morgan fingerprint density at radius 3 is 1.83 bits per heavy atom. The molecular weight excluding hydrogens is 98.1 g/mol. The van der Waals surface area contributed by atoms with Crippen LogP contribution in [0, 0.1) is 0 Å². The minimum Gasteiger partial charge on any atom is -0.396 e. The number of nitrogens with one attached hydrogen (secondary N) is 1. The van der Waals surface area contributed by atoms with Gasteiger partial charge in [0, 0.05) is 0 Å². The monoisotopic (exact) mass is 107 g/mol. The van der Waals surface area contributed by atoms with Crippen LogP contribution >= 0.6 is 12.2 Å². The molecule has 0 aromatic rings. The van der Waals surface area contributed by atoms with Crippen molar-refractivity contribution in [2.24, 2.45) is 11.6 Å². The van der Waals surface area contributed by atoms with E-state index < -0.39 is 0 Å². The molecule has 3 nitrogen and oxygen atoms in total. The van der Waals surface area contributed by atoms with Gasteiger partial charge in [-0.15, -0.1) is 0 Å². The van der Waals surface area contributed by atoms with Gasteiger partial charge < -0.3 is 5.73 Å². The lowest BCUT2D eigenvalue weighted by atomic mass is 11.5. The predicted octanol–water partition coefficient (Wildman–Crippen LogP) is -1.02. The van der Waals surface area contributed by atoms with E-state index in [2.05, 4.69) is 29.2 Å². The Hall–Kier alpha value is -0.190. The first-order chi connectivity index (χ1) is 2.83. The number of nitrogens with two attached hydrogens (primary N) is 2. The van der Waals surface area contributed by atoms with E-state index in [1.165, 1.54) is 0 Å². The molecular formula is C2H9N3S. The van der Waals surface area contributed by atoms with Crippen molar-refractivity contribution >= 4 is 17.7 Å². The lowest BCUT2D eigenvalue weighted by molar-refractivity contribution is 0.900. The molecule has 0 aromatic carbocycles. The molecule has 5 N–H and O–H groups in total. The van der Waals surface area contributed by atoms with Crippen molar-refractivity contribution in [2.75, 3.05) is 7.05 Å². The predicted molar refractivity (Wildman–Crippen MR) is 31.1 cm³/mol. The minimum atomic E-state index is 1.08. The molecule has 0 rings (SSSR count). The second-order valence-corrected chi connectivity index (χ2v) is 0.697. The molecule has 4 heteroatoms. The maximum absolute atomic E-state index is 4.60. The molecule has 0 saturated carbocycles. The summed E-state index contributed by atoms with van der Waals surface area (Å²) in [5, 5.41) is 0. The van der Waals surface area contributed by atoms with Gasteiger partial charge in [0.25, 0.3) is 0 Å². The Morgan fingerprint density at radius 1 is 1.83 bits per heavy atom. The number of hydrogen-bond acceptors (Lipinski definition) is 3. The Morgan fingerprint density at radius 2 is 1.83 bits per heavy atom. The highest BCUT2D eigenvalue weighted by Gasteiger charge is 1.22. The van der Waals surface area contributed by atoms with E-state index in [-0.39, 0.29) is 0 Å². The summed E-state index contributed by atoms with van der Waals surface area (Å²) < 4.78 is 0. The molecule has 0 unspecified atom stereocenters. The summed E-state index contributed by atoms with van der Waals surface area (Å²) in [6, 6.07) is 0. The van der Waals surface area contributed by atoms with Gasteiger partial charge in [-0.3, -0.25) is 11.3 Å². The van der Waals surface area contributed by atoms with Crippen molar-refractivity contribution < 1.29 is 0 Å². The van der Waals surface area contributed by atoms with Crippen LogP contribution in [0.15, 0.2) is 0 Å². The molecule has 0 fully saturated rings. The highest BCUT2D eigenvalue weighted by Crippen LogP contribution is 1.16. The summed E-state index contributed by atoms with van der Waals surface area (Å²) in [7, 11) is 1.65. The third-order valence-electron chi connectivity index (χ3n) is 0. The number of hydrogen-bond donors (Lipinski definition) is 3. The van der Waals surface area contributed by atoms with Gasteiger partial charge in [0.15, 0.2) is 0 Å². The number of thiocarbonyl (C=S) groups is 1. The lowest BCUT2D eigenvalue weighted by Crippen LogP contribution is -2.13. The van der Waals surface area contributed by atoms with Crippen molar-refractivity contribution in [3.63, 3.8) is 0 Å². The maximum atomic E-state index is 4.60. The van der Waals surface area contributed by atoms with Crippen molar-refractivity contribution in [3.8, 4) is 0 Å². The Kier molecular flexibility index (Phi) is 32.9. The summed E-state index contributed by atoms with van der Waals surface area (Å²) in [6.45, 7) is 0. The summed E-state index contributed by atoms with van der Waals surface area (Å²) in [4.78, 5) is 0. The van der Waals surface area contributed by atoms with Crippen LogP contribution in [0.1, 0.15) is 0 Å². The van der Waals surface area contributed by atoms with Crippen molar-refractivity contribution in [1.82, 2.24) is 5.43 Å². The molecule has 0 radical (unpaired) electrons. The zero-order valence-corrected chi connectivity index (χ0v) is 4.46. The van der Waals surface area contributed by atoms with E-state index in [4.69, 9.17) is 0 Å². The molecule has 0 aromatic heterocycles. The molecule has 6 heavy (non-hydrogen) atoms. The molecule has 0 aliphatic rings. The third kappa shape index (κ3) is 833. The van der Waals surface area contributed by atoms with E-state index in [0.29, 0.717) is 0 Å². The quantitative estimate of drug-likeness (QED) is 0.211. The zero-order chi connectivity index (χ0) is 5.41. The van der Waals surface area contributed by atoms with Gasteiger partial charge in [-0.2, -0.15) is 0 Å². The van der Waals surface area contributed by atoms with Gasteiger partial charge in [-0.05, 0) is 7.05 Å². The van der Waals surface area contributed by atoms with Crippen LogP contribution in [-0.2, 0) is 0 Å². The fraction of sp³-hybridized carbons (Fsp3) is 0.500. The van der Waals surface area contributed by atoms with Gasteiger partial charge >= 0.3 is 0 Å². The van der Waals surface area contributed by atoms with E-state index in [0.717, 1.165) is 5.49 Å².